The number of ether oxygens (including phenoxy) is 3. The number of methoxy groups -OCH3 is 1. The second-order valence-electron chi connectivity index (χ2n) is 10.1. The van der Waals surface area contributed by atoms with Crippen LogP contribution in [0.4, 0.5) is 0 Å². The van der Waals surface area contributed by atoms with Crippen molar-refractivity contribution in [2.75, 3.05) is 38.8 Å². The van der Waals surface area contributed by atoms with Crippen molar-refractivity contribution >= 4 is 21.8 Å². The second-order valence-corrected chi connectivity index (χ2v) is 12.3. The third-order valence-corrected chi connectivity index (χ3v) is 7.80. The van der Waals surface area contributed by atoms with E-state index < -0.39 is 15.7 Å². The number of nitrogens with zero attached hydrogens (tertiary/aromatic N) is 3. The van der Waals surface area contributed by atoms with Gasteiger partial charge in [0.1, 0.15) is 15.6 Å². The highest BCUT2D eigenvalue weighted by Crippen LogP contribution is 2.31. The number of aromatic nitrogens is 2. The summed E-state index contributed by atoms with van der Waals surface area (Å²) in [5.74, 6) is 2.61. The van der Waals surface area contributed by atoms with Crippen molar-refractivity contribution in [3.8, 4) is 17.2 Å². The van der Waals surface area contributed by atoms with E-state index in [0.717, 1.165) is 43.6 Å². The molecule has 0 atom stereocenters. The van der Waals surface area contributed by atoms with Crippen LogP contribution in [0, 0.1) is 0 Å². The maximum atomic E-state index is 11.4. The van der Waals surface area contributed by atoms with Crippen LogP contribution in [0.1, 0.15) is 48.0 Å². The molecule has 226 valence electrons. The van der Waals surface area contributed by atoms with Gasteiger partial charge in [-0.2, -0.15) is 4.98 Å². The van der Waals surface area contributed by atoms with E-state index in [9.17, 15) is 13.2 Å². The van der Waals surface area contributed by atoms with Crippen LogP contribution in [0.25, 0.3) is 6.08 Å². The van der Waals surface area contributed by atoms with Crippen LogP contribution in [0.15, 0.2) is 53.1 Å². The molecule has 13 heteroatoms. The molecule has 0 unspecified atom stereocenters. The fraction of sp³-hybridized carbons (Fsp3) is 0.414. The van der Waals surface area contributed by atoms with Crippen molar-refractivity contribution < 1.29 is 37.2 Å². The molecule has 1 fully saturated rings. The first kappa shape index (κ1) is 31.0. The van der Waals surface area contributed by atoms with Crippen LogP contribution in [-0.4, -0.2) is 73.4 Å². The normalized spacial score (nSPS) is 14.6. The third kappa shape index (κ3) is 9.57. The summed E-state index contributed by atoms with van der Waals surface area (Å²) in [6.07, 6.45) is 6.23. The molecule has 1 aromatic heterocycles. The van der Waals surface area contributed by atoms with Gasteiger partial charge < -0.3 is 18.7 Å². The summed E-state index contributed by atoms with van der Waals surface area (Å²) >= 11 is 0. The van der Waals surface area contributed by atoms with Gasteiger partial charge in [0.05, 0.1) is 19.5 Å². The zero-order valence-electron chi connectivity index (χ0n) is 23.7. The van der Waals surface area contributed by atoms with Crippen LogP contribution in [0.2, 0.25) is 0 Å². The highest BCUT2D eigenvalue weighted by molar-refractivity contribution is 7.90. The summed E-state index contributed by atoms with van der Waals surface area (Å²) in [5, 5.41) is 12.7. The summed E-state index contributed by atoms with van der Waals surface area (Å²) in [6.45, 7) is 2.95. The Balaban J connectivity index is 1.23. The molecule has 42 heavy (non-hydrogen) atoms. The van der Waals surface area contributed by atoms with E-state index in [2.05, 4.69) is 15.0 Å². The number of rotatable bonds is 14. The highest BCUT2D eigenvalue weighted by Gasteiger charge is 2.25. The fourth-order valence-corrected chi connectivity index (χ4v) is 5.21. The van der Waals surface area contributed by atoms with Gasteiger partial charge in [-0.15, -0.1) is 0 Å². The van der Waals surface area contributed by atoms with Gasteiger partial charge in [0, 0.05) is 24.8 Å². The minimum Gasteiger partial charge on any atom is -0.493 e. The van der Waals surface area contributed by atoms with Crippen molar-refractivity contribution in [1.29, 1.82) is 0 Å². The Morgan fingerprint density at radius 1 is 1.14 bits per heavy atom. The van der Waals surface area contributed by atoms with Gasteiger partial charge >= 0.3 is 0 Å². The molecule has 12 nitrogen and oxygen atoms in total. The quantitative estimate of drug-likeness (QED) is 0.121. The molecule has 3 aromatic rings. The zero-order chi connectivity index (χ0) is 30.0. The Bertz CT molecular complexity index is 1450. The predicted octanol–water partition coefficient (Wildman–Crippen LogP) is 3.37. The Hall–Kier alpha value is -3.94. The summed E-state index contributed by atoms with van der Waals surface area (Å²) in [7, 11) is -1.44. The molecule has 0 aliphatic carbocycles. The molecule has 1 aliphatic heterocycles. The monoisotopic (exact) mass is 600 g/mol. The molecule has 1 aliphatic rings. The Labute approximate surface area is 245 Å². The van der Waals surface area contributed by atoms with Crippen LogP contribution >= 0.6 is 0 Å². The summed E-state index contributed by atoms with van der Waals surface area (Å²) in [6, 6.07) is 12.9. The molecule has 1 saturated heterocycles. The van der Waals surface area contributed by atoms with Crippen molar-refractivity contribution in [3.05, 3.63) is 71.4 Å². The van der Waals surface area contributed by atoms with Crippen molar-refractivity contribution in [2.24, 2.45) is 0 Å². The first-order valence-electron chi connectivity index (χ1n) is 13.6. The Morgan fingerprint density at radius 3 is 2.60 bits per heavy atom. The summed E-state index contributed by atoms with van der Waals surface area (Å²) in [5.41, 5.74) is 3.41. The lowest BCUT2D eigenvalue weighted by Gasteiger charge is -2.30. The van der Waals surface area contributed by atoms with E-state index in [1.165, 1.54) is 12.3 Å². The van der Waals surface area contributed by atoms with Gasteiger partial charge in [0.25, 0.3) is 11.8 Å². The molecule has 0 bridgehead atoms. The molecule has 2 N–H and O–H groups in total. The van der Waals surface area contributed by atoms with E-state index in [0.29, 0.717) is 42.0 Å². The van der Waals surface area contributed by atoms with Gasteiger partial charge in [-0.05, 0) is 73.8 Å². The fourth-order valence-electron chi connectivity index (χ4n) is 4.56. The third-order valence-electron chi connectivity index (χ3n) is 6.77. The molecule has 0 saturated carbocycles. The second kappa shape index (κ2) is 14.8. The van der Waals surface area contributed by atoms with E-state index in [1.807, 2.05) is 18.2 Å². The topological polar surface area (TPSA) is 153 Å². The molecule has 4 rings (SSSR count). The Morgan fingerprint density at radius 2 is 1.90 bits per heavy atom. The van der Waals surface area contributed by atoms with E-state index >= 15 is 0 Å². The van der Waals surface area contributed by atoms with Crippen molar-refractivity contribution in [2.45, 2.75) is 38.3 Å². The zero-order valence-corrected chi connectivity index (χ0v) is 24.5. The first-order chi connectivity index (χ1) is 20.2. The number of benzene rings is 2. The van der Waals surface area contributed by atoms with Gasteiger partial charge in [-0.1, -0.05) is 23.4 Å². The molecule has 0 spiro atoms. The van der Waals surface area contributed by atoms with E-state index in [1.54, 1.807) is 42.9 Å². The number of carbonyl (C=O) groups excluding carboxylic acids is 1. The lowest BCUT2D eigenvalue weighted by molar-refractivity contribution is -0.124. The molecule has 0 radical (unpaired) electrons. The lowest BCUT2D eigenvalue weighted by atomic mass is 9.96. The maximum absolute atomic E-state index is 11.4. The average molecular weight is 601 g/mol. The summed E-state index contributed by atoms with van der Waals surface area (Å²) in [4.78, 5) is 18.0. The Kier molecular flexibility index (Phi) is 10.9. The van der Waals surface area contributed by atoms with Gasteiger partial charge in [-0.3, -0.25) is 14.9 Å². The minimum absolute atomic E-state index is 0.0845. The lowest BCUT2D eigenvalue weighted by Crippen LogP contribution is -2.32. The average Bonchev–Trinajstić information content (AvgIpc) is 3.47. The number of hydroxylamine groups is 1. The van der Waals surface area contributed by atoms with Crippen LogP contribution in [0.3, 0.4) is 0 Å². The van der Waals surface area contributed by atoms with Crippen LogP contribution in [-0.2, 0) is 27.8 Å². The first-order valence-corrected chi connectivity index (χ1v) is 15.7. The number of amides is 1. The molecule has 1 amide bonds. The van der Waals surface area contributed by atoms with Gasteiger partial charge in [0.15, 0.2) is 23.9 Å². The minimum atomic E-state index is -3.02. The summed E-state index contributed by atoms with van der Waals surface area (Å²) < 4.78 is 45.2. The number of nitrogens with one attached hydrogen (secondary N) is 1. The van der Waals surface area contributed by atoms with Gasteiger partial charge in [-0.25, -0.2) is 13.9 Å². The predicted molar refractivity (Wildman–Crippen MR) is 154 cm³/mol. The number of carbonyl (C=O) groups is 1. The standard InChI is InChI=1S/C29H36N4O8S/c1-38-25-10-6-22(18-26(25)39-16-3-17-42(2,36)37)19-33-14-12-23(13-15-33)29-30-28(41-32-29)20-40-24-8-4-21(5-9-24)7-11-27(34)31-35/h4-11,18,23,35H,3,12-17,19-20H2,1-2H3,(H,31,34)/b11-7+. The van der Waals surface area contributed by atoms with Crippen LogP contribution in [0.5, 0.6) is 17.2 Å². The van der Waals surface area contributed by atoms with Crippen LogP contribution < -0.4 is 19.7 Å². The van der Waals surface area contributed by atoms with E-state index in [4.69, 9.17) is 23.9 Å². The van der Waals surface area contributed by atoms with Crippen molar-refractivity contribution in [3.63, 3.8) is 0 Å². The highest BCUT2D eigenvalue weighted by atomic mass is 32.2. The largest absolute Gasteiger partial charge is 0.493 e. The van der Waals surface area contributed by atoms with E-state index in [-0.39, 0.29) is 18.3 Å². The molecule has 2 aromatic carbocycles. The number of hydrogen-bond acceptors (Lipinski definition) is 11. The molecular weight excluding hydrogens is 564 g/mol. The number of likely N-dealkylation sites (tertiary alicyclic amines) is 1. The number of hydrogen-bond donors (Lipinski definition) is 2. The number of sulfone groups is 1. The van der Waals surface area contributed by atoms with Crippen molar-refractivity contribution in [1.82, 2.24) is 20.5 Å². The smallest absolute Gasteiger partial charge is 0.267 e. The molecule has 2 heterocycles. The van der Waals surface area contributed by atoms with Gasteiger partial charge in [0.2, 0.25) is 0 Å². The maximum Gasteiger partial charge on any atom is 0.267 e. The SMILES string of the molecule is COc1ccc(CN2CCC(c3noc(COc4ccc(/C=C/C(=O)NO)cc4)n3)CC2)cc1OCCCS(C)(=O)=O. The number of piperidine rings is 1. The molecular formula is C29H36N4O8S.